The molecule has 0 aromatic heterocycles. The summed E-state index contributed by atoms with van der Waals surface area (Å²) in [6.07, 6.45) is 6.55. The molecule has 2 atom stereocenters. The van der Waals surface area contributed by atoms with Gasteiger partial charge in [0.1, 0.15) is 0 Å². The fourth-order valence-electron chi connectivity index (χ4n) is 1.75. The van der Waals surface area contributed by atoms with E-state index in [4.69, 9.17) is 5.11 Å². The van der Waals surface area contributed by atoms with Crippen LogP contribution in [0.1, 0.15) is 46.0 Å². The third-order valence-corrected chi connectivity index (χ3v) is 2.71. The van der Waals surface area contributed by atoms with Crippen molar-refractivity contribution < 1.29 is 5.11 Å². The Bertz CT molecular complexity index is 104. The quantitative estimate of drug-likeness (QED) is 0.694. The van der Waals surface area contributed by atoms with E-state index < -0.39 is 0 Å². The maximum Gasteiger partial charge on any atom is 0.0428 e. The van der Waals surface area contributed by atoms with Gasteiger partial charge in [-0.1, -0.05) is 26.7 Å². The van der Waals surface area contributed by atoms with Crippen LogP contribution in [0.2, 0.25) is 0 Å². The molecule has 1 aliphatic carbocycles. The number of hydrogen-bond acceptors (Lipinski definition) is 2. The molecule has 0 saturated heterocycles. The van der Waals surface area contributed by atoms with Gasteiger partial charge in [0.05, 0.1) is 0 Å². The van der Waals surface area contributed by atoms with E-state index in [-0.39, 0.29) is 0 Å². The van der Waals surface area contributed by atoms with Gasteiger partial charge in [-0.15, -0.1) is 0 Å². The molecule has 0 bridgehead atoms. The molecular formula is C11H25NO. The number of rotatable bonds is 2. The summed E-state index contributed by atoms with van der Waals surface area (Å²) in [5.74, 6) is 0.906. The summed E-state index contributed by atoms with van der Waals surface area (Å²) in [5.41, 5.74) is 0. The Balaban J connectivity index is 0.000000310. The van der Waals surface area contributed by atoms with Gasteiger partial charge in [0.2, 0.25) is 0 Å². The van der Waals surface area contributed by atoms with Crippen LogP contribution in [-0.2, 0) is 0 Å². The Morgan fingerprint density at radius 3 is 2.15 bits per heavy atom. The second-order valence-electron chi connectivity index (χ2n) is 3.88. The van der Waals surface area contributed by atoms with Crippen molar-refractivity contribution in [1.82, 2.24) is 5.32 Å². The first-order valence-corrected chi connectivity index (χ1v) is 5.54. The first-order chi connectivity index (χ1) is 6.26. The Hall–Kier alpha value is -0.0800. The van der Waals surface area contributed by atoms with Gasteiger partial charge in [0, 0.05) is 12.6 Å². The SMILES string of the molecule is CCCO.CNC1CCCCC1C. The maximum atomic E-state index is 7.88. The lowest BCUT2D eigenvalue weighted by Crippen LogP contribution is -2.34. The number of hydrogen-bond donors (Lipinski definition) is 2. The first kappa shape index (κ1) is 12.9. The summed E-state index contributed by atoms with van der Waals surface area (Å²) in [7, 11) is 2.08. The van der Waals surface area contributed by atoms with E-state index in [0.29, 0.717) is 6.61 Å². The van der Waals surface area contributed by atoms with Crippen molar-refractivity contribution in [3.63, 3.8) is 0 Å². The molecule has 2 N–H and O–H groups in total. The fraction of sp³-hybridized carbons (Fsp3) is 1.00. The zero-order chi connectivity index (χ0) is 10.1. The van der Waals surface area contributed by atoms with Gasteiger partial charge in [-0.3, -0.25) is 0 Å². The zero-order valence-corrected chi connectivity index (χ0v) is 9.34. The molecule has 2 nitrogen and oxygen atoms in total. The molecular weight excluding hydrogens is 162 g/mol. The van der Waals surface area contributed by atoms with Crippen molar-refractivity contribution in [1.29, 1.82) is 0 Å². The van der Waals surface area contributed by atoms with E-state index in [1.165, 1.54) is 25.7 Å². The highest BCUT2D eigenvalue weighted by molar-refractivity contribution is 4.75. The monoisotopic (exact) mass is 187 g/mol. The molecule has 80 valence electrons. The summed E-state index contributed by atoms with van der Waals surface area (Å²) < 4.78 is 0. The highest BCUT2D eigenvalue weighted by atomic mass is 16.2. The molecule has 1 rings (SSSR count). The van der Waals surface area contributed by atoms with Crippen LogP contribution < -0.4 is 5.32 Å². The van der Waals surface area contributed by atoms with Crippen molar-refractivity contribution in [2.24, 2.45) is 5.92 Å². The lowest BCUT2D eigenvalue weighted by Gasteiger charge is -2.27. The van der Waals surface area contributed by atoms with Gasteiger partial charge in [-0.2, -0.15) is 0 Å². The third-order valence-electron chi connectivity index (χ3n) is 2.71. The molecule has 1 fully saturated rings. The highest BCUT2D eigenvalue weighted by Crippen LogP contribution is 2.22. The lowest BCUT2D eigenvalue weighted by atomic mass is 9.86. The van der Waals surface area contributed by atoms with Crippen LogP contribution in [0, 0.1) is 5.92 Å². The van der Waals surface area contributed by atoms with E-state index in [0.717, 1.165) is 18.4 Å². The number of aliphatic hydroxyl groups is 1. The van der Waals surface area contributed by atoms with E-state index >= 15 is 0 Å². The minimum atomic E-state index is 0.319. The van der Waals surface area contributed by atoms with E-state index in [9.17, 15) is 0 Å². The predicted molar refractivity (Wildman–Crippen MR) is 57.9 cm³/mol. The topological polar surface area (TPSA) is 32.3 Å². The molecule has 2 heteroatoms. The van der Waals surface area contributed by atoms with Crippen LogP contribution in [0.4, 0.5) is 0 Å². The van der Waals surface area contributed by atoms with Gasteiger partial charge in [-0.05, 0) is 32.2 Å². The first-order valence-electron chi connectivity index (χ1n) is 5.54. The summed E-state index contributed by atoms with van der Waals surface area (Å²) in [4.78, 5) is 0. The van der Waals surface area contributed by atoms with Crippen LogP contribution >= 0.6 is 0 Å². The molecule has 0 aliphatic heterocycles. The van der Waals surface area contributed by atoms with Crippen molar-refractivity contribution in [2.45, 2.75) is 52.0 Å². The van der Waals surface area contributed by atoms with E-state index in [1.807, 2.05) is 6.92 Å². The number of nitrogens with one attached hydrogen (secondary N) is 1. The van der Waals surface area contributed by atoms with Gasteiger partial charge >= 0.3 is 0 Å². The molecule has 0 amide bonds. The Labute approximate surface area is 82.7 Å². The standard InChI is InChI=1S/C8H17N.C3H8O/c1-7-5-3-4-6-8(7)9-2;1-2-3-4/h7-9H,3-6H2,1-2H3;4H,2-3H2,1H3. The van der Waals surface area contributed by atoms with E-state index in [2.05, 4.69) is 19.3 Å². The minimum absolute atomic E-state index is 0.319. The van der Waals surface area contributed by atoms with Crippen molar-refractivity contribution in [3.05, 3.63) is 0 Å². The smallest absolute Gasteiger partial charge is 0.0428 e. The Kier molecular flexibility index (Phi) is 8.46. The summed E-state index contributed by atoms with van der Waals surface area (Å²) in [5, 5.41) is 11.2. The third kappa shape index (κ3) is 6.05. The van der Waals surface area contributed by atoms with Gasteiger partial charge in [0.15, 0.2) is 0 Å². The molecule has 0 aromatic rings. The summed E-state index contributed by atoms with van der Waals surface area (Å²) >= 11 is 0. The van der Waals surface area contributed by atoms with Crippen LogP contribution in [0.15, 0.2) is 0 Å². The largest absolute Gasteiger partial charge is 0.396 e. The maximum absolute atomic E-state index is 7.88. The summed E-state index contributed by atoms with van der Waals surface area (Å²) in [6, 6.07) is 0.804. The molecule has 0 spiro atoms. The Morgan fingerprint density at radius 2 is 1.85 bits per heavy atom. The van der Waals surface area contributed by atoms with Crippen LogP contribution in [-0.4, -0.2) is 24.8 Å². The second-order valence-corrected chi connectivity index (χ2v) is 3.88. The van der Waals surface area contributed by atoms with Crippen LogP contribution in [0.3, 0.4) is 0 Å². The second kappa shape index (κ2) is 8.52. The minimum Gasteiger partial charge on any atom is -0.396 e. The van der Waals surface area contributed by atoms with Crippen LogP contribution in [0.25, 0.3) is 0 Å². The molecule has 2 unspecified atom stereocenters. The van der Waals surface area contributed by atoms with Gasteiger partial charge in [-0.25, -0.2) is 0 Å². The molecule has 1 saturated carbocycles. The van der Waals surface area contributed by atoms with Crippen molar-refractivity contribution in [3.8, 4) is 0 Å². The van der Waals surface area contributed by atoms with Gasteiger partial charge < -0.3 is 10.4 Å². The average molecular weight is 187 g/mol. The van der Waals surface area contributed by atoms with Gasteiger partial charge in [0.25, 0.3) is 0 Å². The Morgan fingerprint density at radius 1 is 1.31 bits per heavy atom. The fourth-order valence-corrected chi connectivity index (χ4v) is 1.75. The number of aliphatic hydroxyl groups excluding tert-OH is 1. The molecule has 1 aliphatic rings. The molecule has 0 radical (unpaired) electrons. The molecule has 13 heavy (non-hydrogen) atoms. The normalized spacial score (nSPS) is 27.7. The van der Waals surface area contributed by atoms with Crippen molar-refractivity contribution in [2.75, 3.05) is 13.7 Å². The lowest BCUT2D eigenvalue weighted by molar-refractivity contribution is 0.294. The van der Waals surface area contributed by atoms with E-state index in [1.54, 1.807) is 0 Å². The summed E-state index contributed by atoms with van der Waals surface area (Å²) in [6.45, 7) is 4.60. The predicted octanol–water partition coefficient (Wildman–Crippen LogP) is 2.17. The molecule has 0 heterocycles. The molecule has 0 aromatic carbocycles. The highest BCUT2D eigenvalue weighted by Gasteiger charge is 2.18. The van der Waals surface area contributed by atoms with Crippen molar-refractivity contribution >= 4 is 0 Å². The average Bonchev–Trinajstić information content (AvgIpc) is 2.19. The van der Waals surface area contributed by atoms with Crippen LogP contribution in [0.5, 0.6) is 0 Å². The zero-order valence-electron chi connectivity index (χ0n) is 9.34.